The van der Waals surface area contributed by atoms with E-state index in [1.165, 1.54) is 4.90 Å². The number of hydrogen-bond acceptors (Lipinski definition) is 6. The molecular weight excluding hydrogens is 350 g/mol. The number of nitrogens with one attached hydrogen (secondary N) is 1. The van der Waals surface area contributed by atoms with E-state index in [1.54, 1.807) is 0 Å². The lowest BCUT2D eigenvalue weighted by atomic mass is 10.3. The lowest BCUT2D eigenvalue weighted by Gasteiger charge is -2.27. The van der Waals surface area contributed by atoms with Crippen LogP contribution in [-0.2, 0) is 14.4 Å². The van der Waals surface area contributed by atoms with Gasteiger partial charge in [0.05, 0.1) is 6.61 Å². The van der Waals surface area contributed by atoms with Gasteiger partial charge in [0, 0.05) is 29.9 Å². The molecule has 3 rings (SSSR count). The minimum absolute atomic E-state index is 0.0589. The van der Waals surface area contributed by atoms with Gasteiger partial charge in [0.25, 0.3) is 18.7 Å². The Morgan fingerprint density at radius 3 is 2.56 bits per heavy atom. The lowest BCUT2D eigenvalue weighted by Crippen LogP contribution is -2.53. The molecule has 0 spiro atoms. The van der Waals surface area contributed by atoms with E-state index in [4.69, 9.17) is 4.74 Å². The van der Waals surface area contributed by atoms with Crippen LogP contribution < -0.4 is 15.0 Å². The summed E-state index contributed by atoms with van der Waals surface area (Å²) < 4.78 is 6.42. The van der Waals surface area contributed by atoms with Crippen LogP contribution in [0.4, 0.5) is 5.69 Å². The van der Waals surface area contributed by atoms with Gasteiger partial charge >= 0.3 is 11.8 Å². The molecule has 2 aliphatic rings. The molecule has 1 N–H and O–H groups in total. The Bertz CT molecular complexity index is 774. The molecule has 1 aromatic rings. The fourth-order valence-electron chi connectivity index (χ4n) is 3.14. The third-order valence-corrected chi connectivity index (χ3v) is 4.28. The topological polar surface area (TPSA) is 94.3 Å². The Morgan fingerprint density at radius 1 is 1.26 bits per heavy atom. The number of azo groups is 2. The van der Waals surface area contributed by atoms with E-state index in [2.05, 4.69) is 10.4 Å². The summed E-state index contributed by atoms with van der Waals surface area (Å²) in [6.07, 6.45) is -0.639. The van der Waals surface area contributed by atoms with Gasteiger partial charge in [0.1, 0.15) is 5.75 Å². The van der Waals surface area contributed by atoms with Crippen molar-refractivity contribution < 1.29 is 23.8 Å². The Morgan fingerprint density at radius 2 is 1.93 bits per heavy atom. The first-order valence-electron chi connectivity index (χ1n) is 9.02. The van der Waals surface area contributed by atoms with Crippen LogP contribution in [0, 0.1) is 0 Å². The fourth-order valence-corrected chi connectivity index (χ4v) is 3.14. The Labute approximate surface area is 157 Å². The molecule has 1 aromatic carbocycles. The van der Waals surface area contributed by atoms with Crippen LogP contribution in [0.15, 0.2) is 29.4 Å². The molecule has 1 fully saturated rings. The summed E-state index contributed by atoms with van der Waals surface area (Å²) in [6.45, 7) is 6.82. The monoisotopic (exact) mass is 374 g/mol. The van der Waals surface area contributed by atoms with Crippen molar-refractivity contribution in [2.24, 2.45) is 5.11 Å². The van der Waals surface area contributed by atoms with E-state index in [0.717, 1.165) is 16.1 Å². The van der Waals surface area contributed by atoms with Crippen molar-refractivity contribution in [2.45, 2.75) is 33.1 Å². The first-order valence-corrected chi connectivity index (χ1v) is 9.02. The fraction of sp³-hybridized carbons (Fsp3) is 0.500. The lowest BCUT2D eigenvalue weighted by molar-refractivity contribution is -0.509. The molecule has 2 aliphatic heterocycles. The van der Waals surface area contributed by atoms with Gasteiger partial charge < -0.3 is 15.0 Å². The van der Waals surface area contributed by atoms with E-state index >= 15 is 0 Å². The van der Waals surface area contributed by atoms with Crippen LogP contribution >= 0.6 is 0 Å². The van der Waals surface area contributed by atoms with Crippen LogP contribution in [0.25, 0.3) is 0 Å². The molecule has 1 atom stereocenters. The zero-order chi connectivity index (χ0) is 19.6. The number of carbonyl (C=O) groups is 3. The smallest absolute Gasteiger partial charge is 0.494 e. The molecule has 0 saturated carbocycles. The molecule has 0 aliphatic carbocycles. The summed E-state index contributed by atoms with van der Waals surface area (Å²) in [5, 5.41) is 7.06. The summed E-state index contributed by atoms with van der Waals surface area (Å²) in [6, 6.07) is 7.43. The molecule has 0 aromatic heterocycles. The van der Waals surface area contributed by atoms with Gasteiger partial charge in [-0.1, -0.05) is 0 Å². The van der Waals surface area contributed by atoms with Crippen LogP contribution in [0.2, 0.25) is 0 Å². The van der Waals surface area contributed by atoms with E-state index in [-0.39, 0.29) is 18.5 Å². The molecule has 2 heterocycles. The zero-order valence-electron chi connectivity index (χ0n) is 15.7. The maximum Gasteiger partial charge on any atom is 0.502 e. The number of anilines is 1. The first-order chi connectivity index (χ1) is 12.9. The first kappa shape index (κ1) is 18.8. The van der Waals surface area contributed by atoms with Gasteiger partial charge in [-0.2, -0.15) is 0 Å². The third kappa shape index (κ3) is 3.91. The summed E-state index contributed by atoms with van der Waals surface area (Å²) >= 11 is 0. The van der Waals surface area contributed by atoms with Gasteiger partial charge in [-0.15, -0.1) is 0 Å². The number of ether oxygens (including phenoxy) is 1. The van der Waals surface area contributed by atoms with Crippen LogP contribution in [-0.4, -0.2) is 65.9 Å². The standard InChI is InChI=1S/C18H23N5O4/c1-4-27-14-7-5-13(6-8-14)21-9-10-22-16(25)17(26)23(20-18(21)22)11-15(24)19-12(2)3/h5-8,12,18H,4,9-11H2,1-3H3/p+1. The maximum absolute atomic E-state index is 12.4. The number of nitrogens with zero attached hydrogens (tertiary/aromatic N) is 4. The Balaban J connectivity index is 1.83. The minimum Gasteiger partial charge on any atom is -0.494 e. The second kappa shape index (κ2) is 7.73. The molecule has 0 bridgehead atoms. The van der Waals surface area contributed by atoms with Gasteiger partial charge in [-0.25, -0.2) is 4.79 Å². The SMILES string of the molecule is CCOc1ccc(N2CCN3C(=O)C(=O)[N+](CC(=O)NC(C)C)=NC32)cc1. The van der Waals surface area contributed by atoms with Crippen LogP contribution in [0.1, 0.15) is 20.8 Å². The maximum atomic E-state index is 12.4. The number of hydrogen-bond donors (Lipinski definition) is 1. The van der Waals surface area contributed by atoms with E-state index in [9.17, 15) is 14.4 Å². The van der Waals surface area contributed by atoms with Crippen molar-refractivity contribution in [1.29, 1.82) is 0 Å². The number of amides is 3. The van der Waals surface area contributed by atoms with E-state index < -0.39 is 18.1 Å². The predicted octanol–water partition coefficient (Wildman–Crippen LogP) is 0.547. The average Bonchev–Trinajstić information content (AvgIpc) is 3.03. The molecule has 144 valence electrons. The van der Waals surface area contributed by atoms with Crippen molar-refractivity contribution in [3.8, 4) is 5.75 Å². The highest BCUT2D eigenvalue weighted by Gasteiger charge is 2.49. The van der Waals surface area contributed by atoms with E-state index in [1.807, 2.05) is 49.9 Å². The molecular formula is C18H24N5O4+. The highest BCUT2D eigenvalue weighted by Crippen LogP contribution is 2.28. The third-order valence-electron chi connectivity index (χ3n) is 4.28. The summed E-state index contributed by atoms with van der Waals surface area (Å²) in [7, 11) is 0. The Kier molecular flexibility index (Phi) is 5.38. The molecule has 9 heteroatoms. The molecule has 3 amide bonds. The minimum atomic E-state index is -0.779. The molecule has 1 saturated heterocycles. The van der Waals surface area contributed by atoms with Crippen molar-refractivity contribution in [3.63, 3.8) is 0 Å². The highest BCUT2D eigenvalue weighted by atomic mass is 16.5. The average molecular weight is 374 g/mol. The van der Waals surface area contributed by atoms with Gasteiger partial charge in [0.2, 0.25) is 0 Å². The summed E-state index contributed by atoms with van der Waals surface area (Å²) in [5.41, 5.74) is 0.864. The van der Waals surface area contributed by atoms with Gasteiger partial charge in [0.15, 0.2) is 0 Å². The summed E-state index contributed by atoms with van der Waals surface area (Å²) in [4.78, 5) is 40.1. The summed E-state index contributed by atoms with van der Waals surface area (Å²) in [5.74, 6) is -1.01. The Hall–Kier alpha value is -2.97. The molecule has 1 unspecified atom stereocenters. The van der Waals surface area contributed by atoms with Gasteiger partial charge in [-0.3, -0.25) is 14.5 Å². The molecule has 9 nitrogen and oxygen atoms in total. The predicted molar refractivity (Wildman–Crippen MR) is 96.3 cm³/mol. The van der Waals surface area contributed by atoms with Crippen LogP contribution in [0.5, 0.6) is 5.75 Å². The van der Waals surface area contributed by atoms with Crippen molar-refractivity contribution >= 4 is 23.4 Å². The number of fused-ring (bicyclic) bond motifs is 1. The normalized spacial score (nSPS) is 19.3. The quantitative estimate of drug-likeness (QED) is 0.580. The van der Waals surface area contributed by atoms with E-state index in [0.29, 0.717) is 19.7 Å². The molecule has 0 radical (unpaired) electrons. The van der Waals surface area contributed by atoms with Crippen molar-refractivity contribution in [3.05, 3.63) is 24.3 Å². The second-order valence-electron chi connectivity index (χ2n) is 6.67. The number of rotatable bonds is 6. The highest BCUT2D eigenvalue weighted by molar-refractivity contribution is 6.31. The zero-order valence-corrected chi connectivity index (χ0v) is 15.7. The molecule has 27 heavy (non-hydrogen) atoms. The number of benzene rings is 1. The number of carbonyl (C=O) groups excluding carboxylic acids is 3. The van der Waals surface area contributed by atoms with Crippen molar-refractivity contribution in [1.82, 2.24) is 10.2 Å². The van der Waals surface area contributed by atoms with Crippen molar-refractivity contribution in [2.75, 3.05) is 31.1 Å². The van der Waals surface area contributed by atoms with Gasteiger partial charge in [-0.05, 0) is 49.7 Å². The van der Waals surface area contributed by atoms with Crippen LogP contribution in [0.3, 0.4) is 0 Å². The second-order valence-corrected chi connectivity index (χ2v) is 6.67. The largest absolute Gasteiger partial charge is 0.502 e.